The van der Waals surface area contributed by atoms with Crippen LogP contribution in [0.5, 0.6) is 0 Å². The van der Waals surface area contributed by atoms with E-state index in [4.69, 9.17) is 0 Å². The molecule has 6 nitrogen and oxygen atoms in total. The van der Waals surface area contributed by atoms with Crippen molar-refractivity contribution in [1.29, 1.82) is 0 Å². The van der Waals surface area contributed by atoms with Crippen molar-refractivity contribution in [2.24, 2.45) is 0 Å². The van der Waals surface area contributed by atoms with Crippen molar-refractivity contribution in [3.8, 4) is 5.69 Å². The number of hydrogen-bond donors (Lipinski definition) is 2. The van der Waals surface area contributed by atoms with E-state index in [2.05, 4.69) is 15.3 Å². The lowest BCUT2D eigenvalue weighted by molar-refractivity contribution is -0.118. The summed E-state index contributed by atoms with van der Waals surface area (Å²) in [5, 5.41) is 3.25. The number of halogens is 1. The first-order valence-electron chi connectivity index (χ1n) is 9.74. The Morgan fingerprint density at radius 2 is 1.84 bits per heavy atom. The Morgan fingerprint density at radius 1 is 1.13 bits per heavy atom. The topological polar surface area (TPSA) is 79.8 Å². The maximum absolute atomic E-state index is 13.4. The summed E-state index contributed by atoms with van der Waals surface area (Å²) in [6.07, 6.45) is 0. The van der Waals surface area contributed by atoms with Crippen LogP contribution < -0.4 is 10.9 Å². The molecule has 2 heterocycles. The monoisotopic (exact) mass is 436 g/mol. The van der Waals surface area contributed by atoms with Gasteiger partial charge in [0.05, 0.1) is 17.0 Å². The molecule has 0 saturated carbocycles. The molecule has 4 aromatic rings. The van der Waals surface area contributed by atoms with E-state index in [1.165, 1.54) is 28.8 Å². The molecule has 0 aliphatic heterocycles. The highest BCUT2D eigenvalue weighted by atomic mass is 32.2. The van der Waals surface area contributed by atoms with Gasteiger partial charge in [0.25, 0.3) is 5.56 Å². The maximum Gasteiger partial charge on any atom is 0.283 e. The normalized spacial score (nSPS) is 11.1. The van der Waals surface area contributed by atoms with Crippen LogP contribution in [0.4, 0.5) is 4.39 Å². The number of aromatic amines is 1. The fourth-order valence-corrected chi connectivity index (χ4v) is 4.02. The van der Waals surface area contributed by atoms with E-state index in [0.717, 1.165) is 28.6 Å². The van der Waals surface area contributed by atoms with Crippen LogP contribution in [-0.2, 0) is 11.3 Å². The quantitative estimate of drug-likeness (QED) is 0.355. The molecule has 31 heavy (non-hydrogen) atoms. The Labute approximate surface area is 182 Å². The zero-order valence-corrected chi connectivity index (χ0v) is 17.9. The second-order valence-corrected chi connectivity index (χ2v) is 8.22. The Hall–Kier alpha value is -3.39. The highest BCUT2D eigenvalue weighted by Crippen LogP contribution is 2.22. The Kier molecular flexibility index (Phi) is 5.90. The molecular weight excluding hydrogens is 415 g/mol. The average molecular weight is 437 g/mol. The van der Waals surface area contributed by atoms with Gasteiger partial charge in [-0.25, -0.2) is 9.37 Å². The average Bonchev–Trinajstić information content (AvgIpc) is 3.13. The van der Waals surface area contributed by atoms with Crippen molar-refractivity contribution >= 4 is 28.7 Å². The summed E-state index contributed by atoms with van der Waals surface area (Å²) in [6.45, 7) is 4.28. The van der Waals surface area contributed by atoms with Crippen molar-refractivity contribution < 1.29 is 9.18 Å². The Morgan fingerprint density at radius 3 is 2.55 bits per heavy atom. The number of fused-ring (bicyclic) bond motifs is 1. The standard InChI is InChI=1S/C23H21FN4O2S/c1-14-3-5-16(6-4-14)12-25-20(29)13-31-23-27-19-11-15(2)26-21(19)22(30)28(23)18-9-7-17(24)8-10-18/h3-11,26H,12-13H2,1-2H3,(H,25,29). The van der Waals surface area contributed by atoms with Crippen molar-refractivity contribution in [1.82, 2.24) is 19.9 Å². The number of amides is 1. The molecule has 0 bridgehead atoms. The molecule has 0 atom stereocenters. The minimum absolute atomic E-state index is 0.0917. The number of benzene rings is 2. The first-order chi connectivity index (χ1) is 14.9. The van der Waals surface area contributed by atoms with Crippen LogP contribution in [0.3, 0.4) is 0 Å². The van der Waals surface area contributed by atoms with Gasteiger partial charge < -0.3 is 10.3 Å². The lowest BCUT2D eigenvalue weighted by Gasteiger charge is -2.12. The van der Waals surface area contributed by atoms with Gasteiger partial charge in [0.2, 0.25) is 5.91 Å². The molecule has 0 saturated heterocycles. The molecule has 2 aromatic heterocycles. The molecule has 8 heteroatoms. The number of nitrogens with one attached hydrogen (secondary N) is 2. The summed E-state index contributed by atoms with van der Waals surface area (Å²) in [4.78, 5) is 33.1. The summed E-state index contributed by atoms with van der Waals surface area (Å²) < 4.78 is 14.8. The van der Waals surface area contributed by atoms with Crippen molar-refractivity contribution in [3.05, 3.63) is 87.6 Å². The lowest BCUT2D eigenvalue weighted by atomic mass is 10.1. The van der Waals surface area contributed by atoms with E-state index in [-0.39, 0.29) is 17.2 Å². The summed E-state index contributed by atoms with van der Waals surface area (Å²) >= 11 is 1.16. The van der Waals surface area contributed by atoms with Gasteiger partial charge in [0.1, 0.15) is 11.3 Å². The fraction of sp³-hybridized carbons (Fsp3) is 0.174. The van der Waals surface area contributed by atoms with Gasteiger partial charge in [-0.2, -0.15) is 0 Å². The molecule has 2 N–H and O–H groups in total. The number of H-pyrrole nitrogens is 1. The minimum Gasteiger partial charge on any atom is -0.353 e. The van der Waals surface area contributed by atoms with E-state index in [0.29, 0.717) is 28.4 Å². The van der Waals surface area contributed by atoms with Crippen molar-refractivity contribution in [2.45, 2.75) is 25.5 Å². The highest BCUT2D eigenvalue weighted by Gasteiger charge is 2.16. The van der Waals surface area contributed by atoms with E-state index in [1.54, 1.807) is 6.07 Å². The Balaban J connectivity index is 1.57. The predicted octanol–water partition coefficient (Wildman–Crippen LogP) is 3.88. The van der Waals surface area contributed by atoms with Crippen LogP contribution in [0, 0.1) is 19.7 Å². The van der Waals surface area contributed by atoms with Gasteiger partial charge in [-0.3, -0.25) is 14.2 Å². The molecule has 0 aliphatic carbocycles. The number of carbonyl (C=O) groups is 1. The van der Waals surface area contributed by atoms with Crippen LogP contribution >= 0.6 is 11.8 Å². The largest absolute Gasteiger partial charge is 0.353 e. The molecule has 0 fully saturated rings. The molecular formula is C23H21FN4O2S. The van der Waals surface area contributed by atoms with Crippen LogP contribution in [-0.4, -0.2) is 26.2 Å². The highest BCUT2D eigenvalue weighted by molar-refractivity contribution is 7.99. The van der Waals surface area contributed by atoms with E-state index >= 15 is 0 Å². The van der Waals surface area contributed by atoms with Crippen LogP contribution in [0.25, 0.3) is 16.7 Å². The SMILES string of the molecule is Cc1ccc(CNC(=O)CSc2nc3cc(C)[nH]c3c(=O)n2-c2ccc(F)cc2)cc1. The number of aromatic nitrogens is 3. The predicted molar refractivity (Wildman–Crippen MR) is 120 cm³/mol. The van der Waals surface area contributed by atoms with Gasteiger partial charge in [-0.05, 0) is 49.7 Å². The molecule has 158 valence electrons. The molecule has 0 spiro atoms. The first-order valence-corrected chi connectivity index (χ1v) is 10.7. The zero-order valence-electron chi connectivity index (χ0n) is 17.1. The third-order valence-electron chi connectivity index (χ3n) is 4.78. The van der Waals surface area contributed by atoms with Gasteiger partial charge in [-0.15, -0.1) is 0 Å². The molecule has 1 amide bonds. The Bertz CT molecular complexity index is 1290. The summed E-state index contributed by atoms with van der Waals surface area (Å²) in [6, 6.07) is 15.3. The van der Waals surface area contributed by atoms with Gasteiger partial charge in [0, 0.05) is 12.2 Å². The van der Waals surface area contributed by atoms with Crippen LogP contribution in [0.1, 0.15) is 16.8 Å². The smallest absolute Gasteiger partial charge is 0.283 e. The van der Waals surface area contributed by atoms with E-state index in [9.17, 15) is 14.0 Å². The summed E-state index contributed by atoms with van der Waals surface area (Å²) in [7, 11) is 0. The molecule has 0 aliphatic rings. The summed E-state index contributed by atoms with van der Waals surface area (Å²) in [5.74, 6) is -0.476. The third-order valence-corrected chi connectivity index (χ3v) is 5.72. The van der Waals surface area contributed by atoms with Crippen LogP contribution in [0.2, 0.25) is 0 Å². The number of aryl methyl sites for hydroxylation is 2. The second kappa shape index (κ2) is 8.77. The van der Waals surface area contributed by atoms with Crippen molar-refractivity contribution in [3.63, 3.8) is 0 Å². The lowest BCUT2D eigenvalue weighted by Crippen LogP contribution is -2.26. The number of thioether (sulfide) groups is 1. The number of rotatable bonds is 6. The van der Waals surface area contributed by atoms with E-state index < -0.39 is 5.82 Å². The zero-order chi connectivity index (χ0) is 22.0. The van der Waals surface area contributed by atoms with Gasteiger partial charge in [0.15, 0.2) is 5.16 Å². The van der Waals surface area contributed by atoms with Gasteiger partial charge >= 0.3 is 0 Å². The van der Waals surface area contributed by atoms with E-state index in [1.807, 2.05) is 38.1 Å². The molecule has 0 radical (unpaired) electrons. The van der Waals surface area contributed by atoms with Gasteiger partial charge in [-0.1, -0.05) is 41.6 Å². The summed E-state index contributed by atoms with van der Waals surface area (Å²) in [5.41, 5.74) is 4.06. The first kappa shape index (κ1) is 20.9. The molecule has 2 aromatic carbocycles. The second-order valence-electron chi connectivity index (χ2n) is 7.27. The number of carbonyl (C=O) groups excluding carboxylic acids is 1. The third kappa shape index (κ3) is 4.69. The number of nitrogens with zero attached hydrogens (tertiary/aromatic N) is 2. The maximum atomic E-state index is 13.4. The number of hydrogen-bond acceptors (Lipinski definition) is 4. The fourth-order valence-electron chi connectivity index (χ4n) is 3.18. The molecule has 0 unspecified atom stereocenters. The van der Waals surface area contributed by atoms with Crippen LogP contribution in [0.15, 0.2) is 64.5 Å². The molecule has 4 rings (SSSR count). The van der Waals surface area contributed by atoms with Crippen molar-refractivity contribution in [2.75, 3.05) is 5.75 Å². The minimum atomic E-state index is -0.397.